The van der Waals surface area contributed by atoms with Gasteiger partial charge in [-0.2, -0.15) is 0 Å². The second-order valence-electron chi connectivity index (χ2n) is 12.8. The van der Waals surface area contributed by atoms with Crippen LogP contribution in [0, 0.1) is 23.7 Å². The highest BCUT2D eigenvalue weighted by Gasteiger charge is 2.52. The molecule has 4 bridgehead atoms. The molecule has 5 aliphatic rings. The normalized spacial score (nSPS) is 28.4. The molecule has 0 saturated heterocycles. The fourth-order valence-electron chi connectivity index (χ4n) is 8.13. The van der Waals surface area contributed by atoms with Crippen LogP contribution in [-0.4, -0.2) is 33.0 Å². The summed E-state index contributed by atoms with van der Waals surface area (Å²) >= 11 is 0. The number of hydrogen-bond donors (Lipinski definition) is 2. The van der Waals surface area contributed by atoms with Crippen LogP contribution in [-0.2, 0) is 16.4 Å². The molecule has 2 aromatic carbocycles. The SMILES string of the molecule is O=C(NCCc1ccc(S(=O)(=O)NC23CC4CC(CC(C4)C2)C3)cc1)c1cccc(OCC2CCCCC2)c1. The lowest BCUT2D eigenvalue weighted by molar-refractivity contribution is -0.00810. The minimum atomic E-state index is -3.56. The van der Waals surface area contributed by atoms with Gasteiger partial charge in [-0.15, -0.1) is 0 Å². The zero-order valence-electron chi connectivity index (χ0n) is 22.9. The number of nitrogens with one attached hydrogen (secondary N) is 2. The molecule has 0 unspecified atom stereocenters. The maximum atomic E-state index is 13.3. The van der Waals surface area contributed by atoms with E-state index in [9.17, 15) is 13.2 Å². The van der Waals surface area contributed by atoms with E-state index in [0.717, 1.165) is 37.2 Å². The standard InChI is InChI=1S/C32H42N2O4S/c35-31(28-7-4-8-29(18-28)38-22-24-5-2-1-3-6-24)33-14-13-23-9-11-30(12-10-23)39(36,37)34-32-19-25-15-26(20-32)17-27(16-25)21-32/h4,7-12,18,24-27,34H,1-3,5-6,13-17,19-22H2,(H,33,35). The molecule has 210 valence electrons. The third-order valence-electron chi connectivity index (χ3n) is 9.63. The Bertz CT molecular complexity index is 1230. The summed E-state index contributed by atoms with van der Waals surface area (Å²) in [6, 6.07) is 14.5. The van der Waals surface area contributed by atoms with E-state index in [4.69, 9.17) is 4.74 Å². The lowest BCUT2D eigenvalue weighted by Crippen LogP contribution is -2.59. The van der Waals surface area contributed by atoms with E-state index in [2.05, 4.69) is 10.0 Å². The fraction of sp³-hybridized carbons (Fsp3) is 0.594. The van der Waals surface area contributed by atoms with Crippen molar-refractivity contribution in [3.63, 3.8) is 0 Å². The van der Waals surface area contributed by atoms with Crippen molar-refractivity contribution >= 4 is 15.9 Å². The Kier molecular flexibility index (Phi) is 7.73. The van der Waals surface area contributed by atoms with Crippen molar-refractivity contribution in [2.45, 2.75) is 87.5 Å². The van der Waals surface area contributed by atoms with E-state index >= 15 is 0 Å². The van der Waals surface area contributed by atoms with Crippen LogP contribution < -0.4 is 14.8 Å². The van der Waals surface area contributed by atoms with Crippen LogP contribution in [0.5, 0.6) is 5.75 Å². The Morgan fingerprint density at radius 3 is 2.23 bits per heavy atom. The van der Waals surface area contributed by atoms with Gasteiger partial charge in [0.25, 0.3) is 5.91 Å². The lowest BCUT2D eigenvalue weighted by Gasteiger charge is -2.56. The van der Waals surface area contributed by atoms with Crippen molar-refractivity contribution in [3.05, 3.63) is 59.7 Å². The molecule has 1 amide bonds. The van der Waals surface area contributed by atoms with Gasteiger partial charge in [-0.3, -0.25) is 4.79 Å². The average molecular weight is 551 g/mol. The number of ether oxygens (including phenoxy) is 1. The Morgan fingerprint density at radius 1 is 0.897 bits per heavy atom. The first-order valence-electron chi connectivity index (χ1n) is 15.0. The molecule has 0 radical (unpaired) electrons. The van der Waals surface area contributed by atoms with Crippen LogP contribution in [0.15, 0.2) is 53.4 Å². The molecule has 5 saturated carbocycles. The van der Waals surface area contributed by atoms with Gasteiger partial charge < -0.3 is 10.1 Å². The van der Waals surface area contributed by atoms with Crippen LogP contribution in [0.2, 0.25) is 0 Å². The van der Waals surface area contributed by atoms with Gasteiger partial charge in [-0.25, -0.2) is 13.1 Å². The van der Waals surface area contributed by atoms with Crippen molar-refractivity contribution in [1.29, 1.82) is 0 Å². The minimum absolute atomic E-state index is 0.128. The number of carbonyl (C=O) groups is 1. The average Bonchev–Trinajstić information content (AvgIpc) is 2.91. The molecule has 6 nitrogen and oxygen atoms in total. The quantitative estimate of drug-likeness (QED) is 0.388. The Labute approximate surface area is 233 Å². The number of hydrogen-bond acceptors (Lipinski definition) is 4. The highest BCUT2D eigenvalue weighted by atomic mass is 32.2. The van der Waals surface area contributed by atoms with E-state index in [1.807, 2.05) is 30.3 Å². The molecule has 0 heterocycles. The summed E-state index contributed by atoms with van der Waals surface area (Å²) in [5.41, 5.74) is 1.34. The number of benzene rings is 2. The monoisotopic (exact) mass is 550 g/mol. The maximum Gasteiger partial charge on any atom is 0.251 e. The molecule has 5 fully saturated rings. The topological polar surface area (TPSA) is 84.5 Å². The largest absolute Gasteiger partial charge is 0.493 e. The van der Waals surface area contributed by atoms with Gasteiger partial charge in [0, 0.05) is 17.6 Å². The zero-order valence-corrected chi connectivity index (χ0v) is 23.7. The summed E-state index contributed by atoms with van der Waals surface area (Å²) < 4.78 is 35.7. The molecule has 7 rings (SSSR count). The van der Waals surface area contributed by atoms with Gasteiger partial charge in [-0.1, -0.05) is 37.5 Å². The first-order chi connectivity index (χ1) is 18.9. The molecule has 0 atom stereocenters. The molecule has 5 aliphatic carbocycles. The predicted molar refractivity (Wildman–Crippen MR) is 152 cm³/mol. The van der Waals surface area contributed by atoms with Crippen LogP contribution in [0.3, 0.4) is 0 Å². The van der Waals surface area contributed by atoms with Crippen LogP contribution in [0.4, 0.5) is 0 Å². The zero-order chi connectivity index (χ0) is 26.9. The van der Waals surface area contributed by atoms with Gasteiger partial charge in [0.2, 0.25) is 10.0 Å². The summed E-state index contributed by atoms with van der Waals surface area (Å²) in [6.45, 7) is 1.19. The molecular weight excluding hydrogens is 508 g/mol. The van der Waals surface area contributed by atoms with E-state index in [1.54, 1.807) is 18.2 Å². The molecule has 2 aromatic rings. The first-order valence-corrected chi connectivity index (χ1v) is 16.5. The van der Waals surface area contributed by atoms with Gasteiger partial charge >= 0.3 is 0 Å². The number of sulfonamides is 1. The van der Waals surface area contributed by atoms with Crippen molar-refractivity contribution in [2.75, 3.05) is 13.2 Å². The highest BCUT2D eigenvalue weighted by molar-refractivity contribution is 7.89. The van der Waals surface area contributed by atoms with Crippen LogP contribution in [0.1, 0.15) is 86.6 Å². The number of amides is 1. The third kappa shape index (κ3) is 6.35. The molecule has 2 N–H and O–H groups in total. The first kappa shape index (κ1) is 26.8. The van der Waals surface area contributed by atoms with Crippen LogP contribution in [0.25, 0.3) is 0 Å². The van der Waals surface area contributed by atoms with E-state index in [1.165, 1.54) is 51.4 Å². The summed E-state index contributed by atoms with van der Waals surface area (Å²) in [7, 11) is -3.56. The van der Waals surface area contributed by atoms with Gasteiger partial charge in [0.05, 0.1) is 11.5 Å². The van der Waals surface area contributed by atoms with Crippen molar-refractivity contribution in [1.82, 2.24) is 10.0 Å². The van der Waals surface area contributed by atoms with E-state index in [-0.39, 0.29) is 11.4 Å². The van der Waals surface area contributed by atoms with Crippen molar-refractivity contribution in [2.24, 2.45) is 23.7 Å². The smallest absolute Gasteiger partial charge is 0.251 e. The highest BCUT2D eigenvalue weighted by Crippen LogP contribution is 2.56. The molecular formula is C32H42N2O4S. The van der Waals surface area contributed by atoms with Gasteiger partial charge in [-0.05, 0) is 117 Å². The molecule has 0 spiro atoms. The molecule has 39 heavy (non-hydrogen) atoms. The Balaban J connectivity index is 0.989. The molecule has 7 heteroatoms. The third-order valence-corrected chi connectivity index (χ3v) is 11.2. The second-order valence-corrected chi connectivity index (χ2v) is 14.5. The molecule has 0 aromatic heterocycles. The summed E-state index contributed by atoms with van der Waals surface area (Å²) in [5, 5.41) is 2.99. The Morgan fingerprint density at radius 2 is 1.56 bits per heavy atom. The van der Waals surface area contributed by atoms with Gasteiger partial charge in [0.1, 0.15) is 5.75 Å². The number of rotatable bonds is 10. The minimum Gasteiger partial charge on any atom is -0.493 e. The summed E-state index contributed by atoms with van der Waals surface area (Å²) in [5.74, 6) is 3.30. The second kappa shape index (κ2) is 11.2. The summed E-state index contributed by atoms with van der Waals surface area (Å²) in [6.07, 6.45) is 13.8. The van der Waals surface area contributed by atoms with E-state index in [0.29, 0.717) is 47.1 Å². The fourth-order valence-corrected chi connectivity index (χ4v) is 9.56. The van der Waals surface area contributed by atoms with Crippen LogP contribution >= 0.6 is 0 Å². The van der Waals surface area contributed by atoms with Gasteiger partial charge in [0.15, 0.2) is 0 Å². The predicted octanol–water partition coefficient (Wildman–Crippen LogP) is 5.87. The van der Waals surface area contributed by atoms with Crippen molar-refractivity contribution in [3.8, 4) is 5.75 Å². The lowest BCUT2D eigenvalue weighted by atomic mass is 9.53. The maximum absolute atomic E-state index is 13.3. The van der Waals surface area contributed by atoms with Crippen molar-refractivity contribution < 1.29 is 17.9 Å². The number of carbonyl (C=O) groups excluding carboxylic acids is 1. The Hall–Kier alpha value is -2.38. The van der Waals surface area contributed by atoms with E-state index < -0.39 is 10.0 Å². The molecule has 0 aliphatic heterocycles. The summed E-state index contributed by atoms with van der Waals surface area (Å²) in [4.78, 5) is 13.1.